The molecule has 3 aromatic rings. The fraction of sp³-hybridized carbons (Fsp3) is 0.457. The fourth-order valence-electron chi connectivity index (χ4n) is 8.66. The Balaban J connectivity index is 1.45. The van der Waals surface area contributed by atoms with Gasteiger partial charge in [0.25, 0.3) is 0 Å². The van der Waals surface area contributed by atoms with Gasteiger partial charge in [-0.05, 0) is 106 Å². The summed E-state index contributed by atoms with van der Waals surface area (Å²) in [7, 11) is 1.32. The number of hydrogen-bond acceptors (Lipinski definition) is 6. The Morgan fingerprint density at radius 2 is 1.69 bits per heavy atom. The molecule has 1 saturated heterocycles. The second kappa shape index (κ2) is 16.4. The molecule has 0 unspecified atom stereocenters. The van der Waals surface area contributed by atoms with Crippen LogP contribution in [0.5, 0.6) is 0 Å². The van der Waals surface area contributed by atoms with Crippen LogP contribution in [0.3, 0.4) is 0 Å². The van der Waals surface area contributed by atoms with E-state index in [1.807, 2.05) is 19.1 Å². The molecule has 1 fully saturated rings. The van der Waals surface area contributed by atoms with Crippen molar-refractivity contribution in [1.82, 2.24) is 20.3 Å². The van der Waals surface area contributed by atoms with Crippen molar-refractivity contribution in [2.75, 3.05) is 13.7 Å². The Morgan fingerprint density at radius 1 is 0.964 bits per heavy atom. The summed E-state index contributed by atoms with van der Waals surface area (Å²) in [6.07, 6.45) is 16.2. The van der Waals surface area contributed by atoms with E-state index < -0.39 is 11.9 Å². The molecular formula is C46H58N4O5. The van der Waals surface area contributed by atoms with Crippen molar-refractivity contribution in [1.29, 1.82) is 0 Å². The van der Waals surface area contributed by atoms with Crippen LogP contribution < -0.4 is 16.0 Å². The highest BCUT2D eigenvalue weighted by Gasteiger charge is 2.48. The molecule has 4 N–H and O–H groups in total. The van der Waals surface area contributed by atoms with E-state index in [-0.39, 0.29) is 36.6 Å². The second-order valence-corrected chi connectivity index (χ2v) is 15.8. The molecule has 4 atom stereocenters. The summed E-state index contributed by atoms with van der Waals surface area (Å²) in [5.41, 5.74) is 12.4. The van der Waals surface area contributed by atoms with Crippen molar-refractivity contribution in [2.45, 2.75) is 100 Å². The Kier molecular flexibility index (Phi) is 11.8. The molecule has 5 heterocycles. The molecule has 0 radical (unpaired) electrons. The number of ether oxygens (including phenoxy) is 2. The third kappa shape index (κ3) is 7.50. The zero-order valence-corrected chi connectivity index (χ0v) is 34.1. The molecule has 0 saturated carbocycles. The first-order chi connectivity index (χ1) is 26.3. The standard InChI is InChI=1S/C46H58N4O5/c1-11-24(4)15-14-16-25(5)19-20-55-39(51)18-17-32-28(8)35-21-33-26(6)30(12-2)37(47-33)22-34-27(7)31(13-3)38(48-34)23-36-29(9)40-44(50-36)41(43(32)49-35)42(45(40)52)46(53)54-10/h12,19,21-24,28,32,42,47-50H,2,11,13-18,20H2,1,3-10H3/b25-19+,34-22-,35-21+,38-23-,43-41-/t24-,28+,32+,42-/m1/s1. The average molecular weight is 747 g/mol. The first-order valence-electron chi connectivity index (χ1n) is 20.0. The lowest BCUT2D eigenvalue weighted by Gasteiger charge is -2.19. The molecule has 55 heavy (non-hydrogen) atoms. The van der Waals surface area contributed by atoms with Gasteiger partial charge in [0.15, 0.2) is 5.78 Å². The molecule has 3 aromatic heterocycles. The fourth-order valence-corrected chi connectivity index (χ4v) is 8.66. The quantitative estimate of drug-likeness (QED) is 0.0802. The second-order valence-electron chi connectivity index (χ2n) is 15.8. The molecule has 9 nitrogen and oxygen atoms in total. The number of fused-ring (bicyclic) bond motifs is 7. The zero-order valence-electron chi connectivity index (χ0n) is 34.1. The lowest BCUT2D eigenvalue weighted by molar-refractivity contribution is -0.143. The van der Waals surface area contributed by atoms with Gasteiger partial charge in [-0.25, -0.2) is 0 Å². The monoisotopic (exact) mass is 746 g/mol. The summed E-state index contributed by atoms with van der Waals surface area (Å²) in [6, 6.07) is 0. The normalized spacial score (nSPS) is 22.9. The number of hydrogen-bond donors (Lipinski definition) is 4. The maximum atomic E-state index is 14.3. The van der Waals surface area contributed by atoms with Gasteiger partial charge in [-0.3, -0.25) is 14.4 Å². The molecule has 1 aliphatic carbocycles. The minimum Gasteiger partial charge on any atom is -0.468 e. The summed E-state index contributed by atoms with van der Waals surface area (Å²) < 4.78 is 11.0. The van der Waals surface area contributed by atoms with Gasteiger partial charge in [0.05, 0.1) is 12.8 Å². The van der Waals surface area contributed by atoms with Crippen LogP contribution in [0, 0.1) is 44.4 Å². The van der Waals surface area contributed by atoms with Gasteiger partial charge < -0.3 is 29.7 Å². The van der Waals surface area contributed by atoms with E-state index in [1.54, 1.807) is 0 Å². The summed E-state index contributed by atoms with van der Waals surface area (Å²) in [5.74, 6) is -1.90. The van der Waals surface area contributed by atoms with Crippen molar-refractivity contribution in [3.05, 3.63) is 96.5 Å². The maximum Gasteiger partial charge on any atom is 0.321 e. The Labute approximate surface area is 325 Å². The van der Waals surface area contributed by atoms with E-state index in [1.165, 1.54) is 31.1 Å². The molecule has 8 bridgehead atoms. The molecule has 9 heteroatoms. The average Bonchev–Trinajstić information content (AvgIpc) is 3.90. The Hall–Kier alpha value is -5.05. The first kappa shape index (κ1) is 39.6. The van der Waals surface area contributed by atoms with Crippen LogP contribution in [-0.4, -0.2) is 46.4 Å². The predicted molar refractivity (Wildman–Crippen MR) is 220 cm³/mol. The maximum absolute atomic E-state index is 14.3. The van der Waals surface area contributed by atoms with Crippen molar-refractivity contribution in [2.24, 2.45) is 23.7 Å². The number of rotatable bonds is 13. The molecule has 0 aromatic carbocycles. The van der Waals surface area contributed by atoms with E-state index >= 15 is 0 Å². The number of aromatic nitrogens is 3. The van der Waals surface area contributed by atoms with Gasteiger partial charge in [0.1, 0.15) is 12.5 Å². The van der Waals surface area contributed by atoms with E-state index in [0.29, 0.717) is 23.3 Å². The molecule has 0 spiro atoms. The molecule has 0 amide bonds. The summed E-state index contributed by atoms with van der Waals surface area (Å²) >= 11 is 0. The summed E-state index contributed by atoms with van der Waals surface area (Å²) in [5, 5.41) is 5.64. The Bertz CT molecular complexity index is 2250. The van der Waals surface area contributed by atoms with Crippen LogP contribution in [0.25, 0.3) is 29.9 Å². The minimum atomic E-state index is -1.14. The van der Waals surface area contributed by atoms with E-state index in [2.05, 4.69) is 93.5 Å². The Morgan fingerprint density at radius 3 is 2.38 bits per heavy atom. The highest BCUT2D eigenvalue weighted by Crippen LogP contribution is 2.48. The number of carbonyl (C=O) groups is 3. The van der Waals surface area contributed by atoms with Gasteiger partial charge in [-0.1, -0.05) is 58.8 Å². The van der Waals surface area contributed by atoms with Gasteiger partial charge in [0.2, 0.25) is 0 Å². The highest BCUT2D eigenvalue weighted by atomic mass is 16.5. The number of nitrogens with one attached hydrogen (secondary N) is 4. The SMILES string of the molecule is C=Cc1c2[nH]c(c1C)/C=C1/N/C(=C3\c4[nH]c(c(C)c4C(=O)[C@@H]3C(=O)OC)/C=c3\[nH]/c(c(C)c3CC)=C\2)[C@@H](CCC(=O)OC/C=C(\C)CCC[C@H](C)CC)[C@@H]1C. The third-order valence-electron chi connectivity index (χ3n) is 12.4. The smallest absolute Gasteiger partial charge is 0.321 e. The molecule has 292 valence electrons. The van der Waals surface area contributed by atoms with E-state index in [9.17, 15) is 14.4 Å². The predicted octanol–water partition coefficient (Wildman–Crippen LogP) is 7.85. The highest BCUT2D eigenvalue weighted by molar-refractivity contribution is 6.24. The van der Waals surface area contributed by atoms with Gasteiger partial charge in [-0.15, -0.1) is 0 Å². The number of esters is 2. The first-order valence-corrected chi connectivity index (χ1v) is 20.0. The van der Waals surface area contributed by atoms with Crippen LogP contribution in [0.15, 0.2) is 29.6 Å². The van der Waals surface area contributed by atoms with Gasteiger partial charge in [-0.2, -0.15) is 0 Å². The number of ketones is 1. The van der Waals surface area contributed by atoms with Crippen LogP contribution in [-0.2, 0) is 25.5 Å². The topological polar surface area (TPSA) is 129 Å². The van der Waals surface area contributed by atoms with E-state index in [4.69, 9.17) is 9.47 Å². The van der Waals surface area contributed by atoms with Crippen LogP contribution in [0.4, 0.5) is 0 Å². The van der Waals surface area contributed by atoms with Crippen molar-refractivity contribution < 1.29 is 23.9 Å². The number of Topliss-reactive ketones (excluding diaryl/α,β-unsaturated/α-hetero) is 1. The van der Waals surface area contributed by atoms with Crippen molar-refractivity contribution in [3.8, 4) is 0 Å². The van der Waals surface area contributed by atoms with Crippen LogP contribution in [0.1, 0.15) is 134 Å². The van der Waals surface area contributed by atoms with Crippen molar-refractivity contribution in [3.63, 3.8) is 0 Å². The van der Waals surface area contributed by atoms with Gasteiger partial charge >= 0.3 is 11.9 Å². The largest absolute Gasteiger partial charge is 0.468 e. The number of H-pyrrole nitrogens is 3. The zero-order chi connectivity index (χ0) is 39.7. The minimum absolute atomic E-state index is 0.0830. The lowest BCUT2D eigenvalue weighted by atomic mass is 9.85. The van der Waals surface area contributed by atoms with E-state index in [0.717, 1.165) is 86.6 Å². The number of carbonyl (C=O) groups excluding carboxylic acids is 3. The molecule has 2 aliphatic heterocycles. The molecule has 6 rings (SSSR count). The lowest BCUT2D eigenvalue weighted by Crippen LogP contribution is -2.25. The number of methoxy groups -OCH3 is 1. The summed E-state index contributed by atoms with van der Waals surface area (Å²) in [6.45, 7) is 21.4. The van der Waals surface area contributed by atoms with Crippen LogP contribution >= 0.6 is 0 Å². The number of aromatic amines is 3. The molecule has 3 aliphatic rings. The van der Waals surface area contributed by atoms with Crippen molar-refractivity contribution >= 4 is 47.6 Å². The number of allylic oxidation sites excluding steroid dienone is 3. The summed E-state index contributed by atoms with van der Waals surface area (Å²) in [4.78, 5) is 52.0. The van der Waals surface area contributed by atoms with Crippen LogP contribution in [0.2, 0.25) is 0 Å². The molecular weight excluding hydrogens is 689 g/mol. The van der Waals surface area contributed by atoms with Gasteiger partial charge in [0, 0.05) is 74.1 Å². The third-order valence-corrected chi connectivity index (χ3v) is 12.4.